The fourth-order valence-corrected chi connectivity index (χ4v) is 2.96. The van der Waals surface area contributed by atoms with Crippen LogP contribution in [0.2, 0.25) is 0 Å². The minimum atomic E-state index is -0.140. The van der Waals surface area contributed by atoms with Gasteiger partial charge in [-0.25, -0.2) is 4.39 Å². The molecule has 0 aromatic heterocycles. The van der Waals surface area contributed by atoms with Crippen molar-refractivity contribution in [3.05, 3.63) is 34.1 Å². The lowest BCUT2D eigenvalue weighted by molar-refractivity contribution is 0.544. The van der Waals surface area contributed by atoms with E-state index >= 15 is 0 Å². The zero-order valence-electron chi connectivity index (χ0n) is 11.4. The largest absolute Gasteiger partial charge is 0.309 e. The Bertz CT molecular complexity index is 390. The van der Waals surface area contributed by atoms with Gasteiger partial charge in [-0.05, 0) is 24.7 Å². The van der Waals surface area contributed by atoms with Gasteiger partial charge in [0.25, 0.3) is 0 Å². The summed E-state index contributed by atoms with van der Waals surface area (Å²) in [5.74, 6) is 0.726. The Balaban J connectivity index is 2.86. The van der Waals surface area contributed by atoms with Crippen molar-refractivity contribution in [1.29, 1.82) is 0 Å². The van der Waals surface area contributed by atoms with Crippen molar-refractivity contribution >= 4 is 27.7 Å². The minimum absolute atomic E-state index is 0.0525. The Kier molecular flexibility index (Phi) is 6.15. The molecule has 0 aliphatic rings. The second-order valence-electron chi connectivity index (χ2n) is 5.20. The van der Waals surface area contributed by atoms with Gasteiger partial charge in [0.1, 0.15) is 5.82 Å². The van der Waals surface area contributed by atoms with Gasteiger partial charge in [-0.15, -0.1) is 0 Å². The third-order valence-corrected chi connectivity index (χ3v) is 4.33. The second kappa shape index (κ2) is 6.92. The van der Waals surface area contributed by atoms with E-state index in [4.69, 9.17) is 0 Å². The van der Waals surface area contributed by atoms with Crippen LogP contribution >= 0.6 is 27.7 Å². The van der Waals surface area contributed by atoms with Crippen molar-refractivity contribution < 1.29 is 4.39 Å². The Labute approximate surface area is 122 Å². The summed E-state index contributed by atoms with van der Waals surface area (Å²) in [6.45, 7) is 9.42. The summed E-state index contributed by atoms with van der Waals surface area (Å²) >= 11 is 5.25. The molecule has 1 unspecified atom stereocenters. The zero-order chi connectivity index (χ0) is 13.8. The summed E-state index contributed by atoms with van der Waals surface area (Å²) in [5, 5.41) is 3.36. The first-order chi connectivity index (χ1) is 8.33. The summed E-state index contributed by atoms with van der Waals surface area (Å²) in [6.07, 6.45) is 0. The first-order valence-corrected chi connectivity index (χ1v) is 7.93. The van der Waals surface area contributed by atoms with E-state index in [0.717, 1.165) is 22.3 Å². The van der Waals surface area contributed by atoms with E-state index in [2.05, 4.69) is 42.0 Å². The molecule has 18 heavy (non-hydrogen) atoms. The SMILES string of the molecule is CCNC(CSC(C)(C)C)c1cc(Br)ccc1F. The van der Waals surface area contributed by atoms with Gasteiger partial charge in [-0.3, -0.25) is 0 Å². The van der Waals surface area contributed by atoms with Crippen molar-refractivity contribution in [2.45, 2.75) is 38.5 Å². The normalized spacial score (nSPS) is 13.7. The smallest absolute Gasteiger partial charge is 0.128 e. The van der Waals surface area contributed by atoms with Gasteiger partial charge in [-0.1, -0.05) is 43.6 Å². The monoisotopic (exact) mass is 333 g/mol. The van der Waals surface area contributed by atoms with Gasteiger partial charge >= 0.3 is 0 Å². The third-order valence-electron chi connectivity index (χ3n) is 2.47. The van der Waals surface area contributed by atoms with E-state index < -0.39 is 0 Å². The van der Waals surface area contributed by atoms with E-state index in [1.54, 1.807) is 6.07 Å². The highest BCUT2D eigenvalue weighted by molar-refractivity contribution is 9.10. The van der Waals surface area contributed by atoms with Crippen LogP contribution in [0, 0.1) is 5.82 Å². The molecule has 0 spiro atoms. The maximum atomic E-state index is 13.9. The van der Waals surface area contributed by atoms with Crippen LogP contribution in [0.25, 0.3) is 0 Å². The number of hydrogen-bond acceptors (Lipinski definition) is 2. The second-order valence-corrected chi connectivity index (χ2v) is 7.96. The highest BCUT2D eigenvalue weighted by atomic mass is 79.9. The van der Waals surface area contributed by atoms with Crippen molar-refractivity contribution in [2.24, 2.45) is 0 Å². The molecule has 1 aromatic carbocycles. The molecular formula is C14H21BrFNS. The Hall–Kier alpha value is -0.0600. The number of thioether (sulfide) groups is 1. The van der Waals surface area contributed by atoms with Crippen LogP contribution in [0.3, 0.4) is 0 Å². The molecule has 4 heteroatoms. The molecule has 1 aromatic rings. The fraction of sp³-hybridized carbons (Fsp3) is 0.571. The molecule has 0 saturated heterocycles. The number of halogens is 2. The van der Waals surface area contributed by atoms with Gasteiger partial charge < -0.3 is 5.32 Å². The molecule has 0 radical (unpaired) electrons. The first kappa shape index (κ1) is 16.0. The lowest BCUT2D eigenvalue weighted by atomic mass is 10.1. The molecule has 1 N–H and O–H groups in total. The van der Waals surface area contributed by atoms with E-state index in [0.29, 0.717) is 0 Å². The summed E-state index contributed by atoms with van der Waals surface area (Å²) in [5.41, 5.74) is 0.739. The average Bonchev–Trinajstić information content (AvgIpc) is 2.26. The summed E-state index contributed by atoms with van der Waals surface area (Å²) in [4.78, 5) is 0. The predicted molar refractivity (Wildman–Crippen MR) is 82.7 cm³/mol. The predicted octanol–water partition coefficient (Wildman–Crippen LogP) is 4.77. The molecule has 0 aliphatic heterocycles. The molecule has 0 heterocycles. The summed E-state index contributed by atoms with van der Waals surface area (Å²) in [6, 6.07) is 5.17. The molecule has 0 saturated carbocycles. The number of rotatable bonds is 5. The Morgan fingerprint density at radius 2 is 2.06 bits per heavy atom. The van der Waals surface area contributed by atoms with Crippen molar-refractivity contribution in [2.75, 3.05) is 12.3 Å². The molecule has 1 nitrogen and oxygen atoms in total. The van der Waals surface area contributed by atoms with E-state index in [1.165, 1.54) is 6.07 Å². The van der Waals surface area contributed by atoms with Gasteiger partial charge in [-0.2, -0.15) is 11.8 Å². The van der Waals surface area contributed by atoms with Gasteiger partial charge in [0, 0.05) is 26.6 Å². The third kappa shape index (κ3) is 5.29. The van der Waals surface area contributed by atoms with E-state index in [1.807, 2.05) is 24.8 Å². The van der Waals surface area contributed by atoms with Crippen LogP contribution in [0.5, 0.6) is 0 Å². The standard InChI is InChI=1S/C14H21BrFNS/c1-5-17-13(9-18-14(2,3)4)11-8-10(15)6-7-12(11)16/h6-8,13,17H,5,9H2,1-4H3. The van der Waals surface area contributed by atoms with Crippen molar-refractivity contribution in [3.63, 3.8) is 0 Å². The maximum absolute atomic E-state index is 13.9. The molecule has 0 bridgehead atoms. The molecule has 0 amide bonds. The molecule has 0 fully saturated rings. The van der Waals surface area contributed by atoms with Crippen LogP contribution < -0.4 is 5.32 Å². The summed E-state index contributed by atoms with van der Waals surface area (Å²) in [7, 11) is 0. The van der Waals surface area contributed by atoms with E-state index in [9.17, 15) is 4.39 Å². The van der Waals surface area contributed by atoms with Gasteiger partial charge in [0.05, 0.1) is 0 Å². The Morgan fingerprint density at radius 1 is 1.39 bits per heavy atom. The van der Waals surface area contributed by atoms with Crippen LogP contribution in [-0.4, -0.2) is 17.0 Å². The van der Waals surface area contributed by atoms with Crippen LogP contribution in [0.1, 0.15) is 39.3 Å². The molecule has 1 atom stereocenters. The highest BCUT2D eigenvalue weighted by Crippen LogP contribution is 2.30. The first-order valence-electron chi connectivity index (χ1n) is 6.16. The lowest BCUT2D eigenvalue weighted by Crippen LogP contribution is -2.26. The van der Waals surface area contributed by atoms with Crippen LogP contribution in [0.15, 0.2) is 22.7 Å². The van der Waals surface area contributed by atoms with Crippen LogP contribution in [0.4, 0.5) is 4.39 Å². The molecular weight excluding hydrogens is 313 g/mol. The van der Waals surface area contributed by atoms with Crippen LogP contribution in [-0.2, 0) is 0 Å². The maximum Gasteiger partial charge on any atom is 0.128 e. The zero-order valence-corrected chi connectivity index (χ0v) is 13.8. The quantitative estimate of drug-likeness (QED) is 0.832. The molecule has 102 valence electrons. The minimum Gasteiger partial charge on any atom is -0.309 e. The summed E-state index contributed by atoms with van der Waals surface area (Å²) < 4.78 is 15.0. The van der Waals surface area contributed by atoms with Gasteiger partial charge in [0.15, 0.2) is 0 Å². The lowest BCUT2D eigenvalue weighted by Gasteiger charge is -2.24. The van der Waals surface area contributed by atoms with Gasteiger partial charge in [0.2, 0.25) is 0 Å². The molecule has 1 rings (SSSR count). The number of hydrogen-bond donors (Lipinski definition) is 1. The topological polar surface area (TPSA) is 12.0 Å². The molecule has 0 aliphatic carbocycles. The number of benzene rings is 1. The van der Waals surface area contributed by atoms with Crippen molar-refractivity contribution in [3.8, 4) is 0 Å². The fourth-order valence-electron chi connectivity index (χ4n) is 1.62. The average molecular weight is 334 g/mol. The number of nitrogens with one attached hydrogen (secondary N) is 1. The highest BCUT2D eigenvalue weighted by Gasteiger charge is 2.19. The van der Waals surface area contributed by atoms with E-state index in [-0.39, 0.29) is 16.6 Å². The Morgan fingerprint density at radius 3 is 2.61 bits per heavy atom. The van der Waals surface area contributed by atoms with Crippen molar-refractivity contribution in [1.82, 2.24) is 5.32 Å².